The summed E-state index contributed by atoms with van der Waals surface area (Å²) in [5.74, 6) is -0.256. The number of carbonyl (C=O) groups is 6. The van der Waals surface area contributed by atoms with Crippen LogP contribution in [0.15, 0.2) is 61.2 Å². The number of fused-ring (bicyclic) bond motifs is 1. The van der Waals surface area contributed by atoms with Crippen LogP contribution < -0.4 is 36.7 Å². The molecule has 2 aliphatic heterocycles. The number of anilines is 3. The Labute approximate surface area is 451 Å². The van der Waals surface area contributed by atoms with Crippen LogP contribution in [0.5, 0.6) is 0 Å². The second-order valence-corrected chi connectivity index (χ2v) is 20.3. The molecule has 0 saturated carbocycles. The van der Waals surface area contributed by atoms with Crippen molar-refractivity contribution in [3.05, 3.63) is 72.3 Å². The van der Waals surface area contributed by atoms with E-state index in [4.69, 9.17) is 36.2 Å². The molecule has 6 rings (SSSR count). The van der Waals surface area contributed by atoms with E-state index < -0.39 is 71.3 Å². The van der Waals surface area contributed by atoms with E-state index in [2.05, 4.69) is 41.3 Å². The van der Waals surface area contributed by atoms with Crippen LogP contribution in [0.2, 0.25) is 0 Å². The molecule has 2 saturated heterocycles. The molecule has 0 spiro atoms. The smallest absolute Gasteiger partial charge is 0.333 e. The molecule has 10 N–H and O–H groups in total. The zero-order valence-corrected chi connectivity index (χ0v) is 44.4. The van der Waals surface area contributed by atoms with E-state index in [9.17, 15) is 47.4 Å². The molecule has 78 heavy (non-hydrogen) atoms. The van der Waals surface area contributed by atoms with Crippen LogP contribution >= 0.6 is 0 Å². The van der Waals surface area contributed by atoms with E-state index in [0.717, 1.165) is 0 Å². The van der Waals surface area contributed by atoms with Crippen molar-refractivity contribution in [1.29, 1.82) is 0 Å². The van der Waals surface area contributed by atoms with Crippen molar-refractivity contribution < 1.29 is 75.1 Å². The number of imide groups is 1. The number of rotatable bonds is 31. The average Bonchev–Trinajstić information content (AvgIpc) is 4.21. The first-order valence-corrected chi connectivity index (χ1v) is 26.8. The lowest BCUT2D eigenvalue weighted by Crippen LogP contribution is -2.45. The molecule has 0 aliphatic carbocycles. The number of nitrogens with two attached hydrogens (primary N) is 2. The second-order valence-electron chi connectivity index (χ2n) is 19.1. The summed E-state index contributed by atoms with van der Waals surface area (Å²) in [6.45, 7) is 6.33. The topological polar surface area (TPSA) is 361 Å². The van der Waals surface area contributed by atoms with Gasteiger partial charge in [0.2, 0.25) is 42.0 Å². The summed E-state index contributed by atoms with van der Waals surface area (Å²) in [6, 6.07) is 12.2. The summed E-state index contributed by atoms with van der Waals surface area (Å²) >= 11 is 0. The third-order valence-electron chi connectivity index (χ3n) is 12.8. The fraction of sp³-hybridized carbons (Fsp3) is 0.510. The Morgan fingerprint density at radius 1 is 0.974 bits per heavy atom. The predicted molar refractivity (Wildman–Crippen MR) is 279 cm³/mol. The monoisotopic (exact) mass is 1110 g/mol. The number of nitrogens with one attached hydrogen (secondary N) is 4. The molecule has 2 aliphatic rings. The Balaban J connectivity index is 1.05. The van der Waals surface area contributed by atoms with Crippen molar-refractivity contribution >= 4 is 74.1 Å². The third-order valence-corrected chi connectivity index (χ3v) is 13.3. The van der Waals surface area contributed by atoms with Gasteiger partial charge < -0.3 is 56.2 Å². The number of hydrogen-bond donors (Lipinski definition) is 8. The summed E-state index contributed by atoms with van der Waals surface area (Å²) in [4.78, 5) is 86.6. The van der Waals surface area contributed by atoms with Crippen molar-refractivity contribution in [3.8, 4) is 12.3 Å². The zero-order valence-electron chi connectivity index (χ0n) is 43.6. The molecular formula is C51H68N11O15S+. The van der Waals surface area contributed by atoms with Gasteiger partial charge in [-0.15, -0.1) is 6.42 Å². The second kappa shape index (κ2) is 28.6. The first-order chi connectivity index (χ1) is 37.2. The number of Topliss-reactive ketones (excluding diaryl/α,β-unsaturated/α-hetero) is 1. The first-order valence-electron chi connectivity index (χ1n) is 25.3. The number of ether oxygens (including phenoxy) is 4. The van der Waals surface area contributed by atoms with Crippen LogP contribution in [0, 0.1) is 30.1 Å². The lowest BCUT2D eigenvalue weighted by Gasteiger charge is -2.24. The standard InChI is InChI=1S/C51H67N11O15S/c1-5-33-8-6-10-37(25-33)57-46-43-48(62(30-55-43)50-45(67)44(66)39(77-50)28-76-78(53,71)72)60(29-56-46)27-34-11-13-36(14-12-34)58-47(68)35(9-7-16-54-51(52)70)26-38(63)42(31(2)3)59-40(64)15-18-73-20-22-75-23-21-74-19-17-61-41(65)24-32(4)49(61)69/h1,6,8,10-14,25,29-32,35,39,42,44-45,50,66-67H,7,9,15-24,26-28H2,2-4H3,(H7,52,53,54,58,59,64,68,70,71,72)/p+1/t32?,35-,39-,42+,44-,45-,50-/m1/s1. The molecule has 7 atom stereocenters. The van der Waals surface area contributed by atoms with Gasteiger partial charge in [0.15, 0.2) is 17.6 Å². The molecule has 2 aromatic carbocycles. The molecule has 26 nitrogen and oxygen atoms in total. The molecule has 27 heteroatoms. The maximum atomic E-state index is 14.0. The van der Waals surface area contributed by atoms with Crippen LogP contribution in [-0.4, -0.2) is 157 Å². The van der Waals surface area contributed by atoms with Gasteiger partial charge in [-0.1, -0.05) is 49.9 Å². The summed E-state index contributed by atoms with van der Waals surface area (Å²) in [7, 11) is -4.39. The van der Waals surface area contributed by atoms with Gasteiger partial charge in [-0.25, -0.2) is 24.1 Å². The third kappa shape index (κ3) is 17.2. The van der Waals surface area contributed by atoms with Crippen LogP contribution in [-0.2, 0) is 64.0 Å². The molecule has 422 valence electrons. The first kappa shape index (κ1) is 60.2. The van der Waals surface area contributed by atoms with Crippen LogP contribution in [0.1, 0.15) is 70.2 Å². The highest BCUT2D eigenvalue weighted by molar-refractivity contribution is 7.84. The van der Waals surface area contributed by atoms with E-state index in [1.54, 1.807) is 73.9 Å². The quantitative estimate of drug-likeness (QED) is 0.0145. The molecule has 0 bridgehead atoms. The summed E-state index contributed by atoms with van der Waals surface area (Å²) in [5, 5.41) is 38.4. The largest absolute Gasteiger partial charge is 0.387 e. The summed E-state index contributed by atoms with van der Waals surface area (Å²) < 4.78 is 53.3. The van der Waals surface area contributed by atoms with Gasteiger partial charge in [-0.3, -0.25) is 33.1 Å². The SMILES string of the molecule is C#Cc1cccc(Nc2nc[n+](Cc3ccc(NC(=O)[C@H](CCCNC(N)=O)CC(=O)[C@@H](NC(=O)CCOCCOCCOCCN4C(=O)CC(C)C4=O)C(C)C)cc3)c3c2ncn3[C@@H]2O[C@H](COS(N)(=O)=O)[C@@H](O)[C@H]2O)c1. The van der Waals surface area contributed by atoms with Crippen molar-refractivity contribution in [3.63, 3.8) is 0 Å². The fourth-order valence-electron chi connectivity index (χ4n) is 8.73. The van der Waals surface area contributed by atoms with E-state index in [0.29, 0.717) is 45.9 Å². The van der Waals surface area contributed by atoms with E-state index in [1.165, 1.54) is 22.1 Å². The maximum absolute atomic E-state index is 14.0. The lowest BCUT2D eigenvalue weighted by molar-refractivity contribution is -0.668. The Kier molecular flexibility index (Phi) is 22.1. The van der Waals surface area contributed by atoms with Gasteiger partial charge in [-0.05, 0) is 54.7 Å². The van der Waals surface area contributed by atoms with Crippen LogP contribution in [0.25, 0.3) is 11.2 Å². The van der Waals surface area contributed by atoms with Crippen molar-refractivity contribution in [2.24, 2.45) is 28.6 Å². The Morgan fingerprint density at radius 2 is 1.68 bits per heavy atom. The summed E-state index contributed by atoms with van der Waals surface area (Å²) in [6.07, 6.45) is 3.29. The molecule has 4 heterocycles. The number of terminal acetylenes is 1. The maximum Gasteiger partial charge on any atom is 0.333 e. The highest BCUT2D eigenvalue weighted by Gasteiger charge is 2.47. The van der Waals surface area contributed by atoms with Crippen molar-refractivity contribution in [2.45, 2.75) is 90.0 Å². The normalized spacial score (nSPS) is 19.2. The van der Waals surface area contributed by atoms with Crippen LogP contribution in [0.3, 0.4) is 0 Å². The molecule has 2 fully saturated rings. The number of aliphatic hydroxyl groups is 2. The zero-order chi connectivity index (χ0) is 56.5. The van der Waals surface area contributed by atoms with E-state index in [1.807, 2.05) is 0 Å². The van der Waals surface area contributed by atoms with Gasteiger partial charge in [-0.2, -0.15) is 8.42 Å². The summed E-state index contributed by atoms with van der Waals surface area (Å²) in [5.41, 5.74) is 8.28. The number of ketones is 1. The number of urea groups is 1. The van der Waals surface area contributed by atoms with Gasteiger partial charge in [0.05, 0.1) is 65.4 Å². The highest BCUT2D eigenvalue weighted by Crippen LogP contribution is 2.33. The minimum atomic E-state index is -4.39. The van der Waals surface area contributed by atoms with Crippen LogP contribution in [0.4, 0.5) is 22.0 Å². The minimum Gasteiger partial charge on any atom is -0.387 e. The number of carbonyl (C=O) groups excluding carboxylic acids is 6. The van der Waals surface area contributed by atoms with Gasteiger partial charge >= 0.3 is 16.3 Å². The predicted octanol–water partition coefficient (Wildman–Crippen LogP) is 0.269. The molecule has 2 aromatic heterocycles. The fourth-order valence-corrected chi connectivity index (χ4v) is 9.05. The number of hydrogen-bond acceptors (Lipinski definition) is 18. The number of amides is 6. The van der Waals surface area contributed by atoms with E-state index >= 15 is 0 Å². The number of likely N-dealkylation sites (tertiary alicyclic amines) is 1. The van der Waals surface area contributed by atoms with Gasteiger partial charge in [0.25, 0.3) is 5.65 Å². The average molecular weight is 1110 g/mol. The number of benzene rings is 2. The molecule has 4 aromatic rings. The minimum absolute atomic E-state index is 0.0382. The molecule has 1 unspecified atom stereocenters. The molecular weight excluding hydrogens is 1040 g/mol. The Morgan fingerprint density at radius 3 is 2.33 bits per heavy atom. The molecule has 0 radical (unpaired) electrons. The highest BCUT2D eigenvalue weighted by atomic mass is 32.2. The van der Waals surface area contributed by atoms with Gasteiger partial charge in [0.1, 0.15) is 18.3 Å². The number of aliphatic hydroxyl groups excluding tert-OH is 2. The van der Waals surface area contributed by atoms with Crippen molar-refractivity contribution in [1.82, 2.24) is 30.1 Å². The van der Waals surface area contributed by atoms with Gasteiger partial charge in [0, 0.05) is 54.6 Å². The lowest BCUT2D eigenvalue weighted by atomic mass is 9.89. The number of nitrogens with zero attached hydrogens (tertiary/aromatic N) is 5. The Hall–Kier alpha value is -7.00. The Bertz CT molecular complexity index is 2900. The number of aromatic nitrogens is 4. The van der Waals surface area contributed by atoms with E-state index in [-0.39, 0.29) is 114 Å². The number of imidazole rings is 1. The van der Waals surface area contributed by atoms with Crippen molar-refractivity contribution in [2.75, 3.05) is 70.0 Å². The number of primary amides is 1. The molecule has 6 amide bonds.